The number of carbonyl (C=O) groups is 2. The number of hydrogen-bond donors (Lipinski definition) is 0. The molecule has 0 radical (unpaired) electrons. The van der Waals surface area contributed by atoms with Gasteiger partial charge in [0.15, 0.2) is 0 Å². The number of likely N-dealkylation sites (tertiary alicyclic amines) is 2. The summed E-state index contributed by atoms with van der Waals surface area (Å²) >= 11 is 0. The van der Waals surface area contributed by atoms with E-state index in [1.54, 1.807) is 6.92 Å². The summed E-state index contributed by atoms with van der Waals surface area (Å²) in [6, 6.07) is 0. The Morgan fingerprint density at radius 3 is 1.75 bits per heavy atom. The Kier molecular flexibility index (Phi) is 4.24. The highest BCUT2D eigenvalue weighted by atomic mass is 16.2. The third kappa shape index (κ3) is 2.90. The molecule has 0 spiro atoms. The molecule has 2 saturated heterocycles. The van der Waals surface area contributed by atoms with E-state index in [9.17, 15) is 9.59 Å². The van der Waals surface area contributed by atoms with E-state index < -0.39 is 0 Å². The molecule has 20 heavy (non-hydrogen) atoms. The fourth-order valence-electron chi connectivity index (χ4n) is 3.26. The average Bonchev–Trinajstić information content (AvgIpc) is 2.42. The molecule has 0 atom stereocenters. The van der Waals surface area contributed by atoms with E-state index in [2.05, 4.69) is 18.9 Å². The van der Waals surface area contributed by atoms with Gasteiger partial charge < -0.3 is 9.80 Å². The second-order valence-electron chi connectivity index (χ2n) is 7.27. The van der Waals surface area contributed by atoms with Crippen molar-refractivity contribution in [1.29, 1.82) is 0 Å². The van der Waals surface area contributed by atoms with Crippen molar-refractivity contribution in [1.82, 2.24) is 9.80 Å². The fourth-order valence-corrected chi connectivity index (χ4v) is 3.26. The highest BCUT2D eigenvalue weighted by Crippen LogP contribution is 2.37. The van der Waals surface area contributed by atoms with E-state index in [0.29, 0.717) is 5.91 Å². The number of carbonyl (C=O) groups excluding carboxylic acids is 2. The van der Waals surface area contributed by atoms with Gasteiger partial charge in [0.1, 0.15) is 5.78 Å². The molecule has 4 nitrogen and oxygen atoms in total. The minimum absolute atomic E-state index is 0.198. The lowest BCUT2D eigenvalue weighted by molar-refractivity contribution is -0.148. The normalized spacial score (nSPS) is 26.3. The number of amides is 1. The third-order valence-corrected chi connectivity index (χ3v) is 5.61. The molecule has 2 aliphatic rings. The summed E-state index contributed by atoms with van der Waals surface area (Å²) in [5, 5.41) is 0. The van der Waals surface area contributed by atoms with Crippen molar-refractivity contribution in [2.75, 3.05) is 33.2 Å². The van der Waals surface area contributed by atoms with Gasteiger partial charge >= 0.3 is 0 Å². The van der Waals surface area contributed by atoms with Crippen molar-refractivity contribution in [3.8, 4) is 0 Å². The molecule has 0 bridgehead atoms. The highest BCUT2D eigenvalue weighted by molar-refractivity contribution is 5.84. The van der Waals surface area contributed by atoms with Gasteiger partial charge in [0.2, 0.25) is 5.91 Å². The van der Waals surface area contributed by atoms with Gasteiger partial charge in [-0.15, -0.1) is 0 Å². The molecule has 2 fully saturated rings. The smallest absolute Gasteiger partial charge is 0.228 e. The Morgan fingerprint density at radius 1 is 0.850 bits per heavy atom. The van der Waals surface area contributed by atoms with Gasteiger partial charge in [-0.05, 0) is 52.7 Å². The number of hydrogen-bond acceptors (Lipinski definition) is 3. The SMILES string of the molecule is CC(=O)C1(C)CCN(C(=O)C2(C)CCN(C)CC2)CC1. The van der Waals surface area contributed by atoms with Crippen LogP contribution < -0.4 is 0 Å². The molecule has 4 heteroatoms. The standard InChI is InChI=1S/C16H28N2O2/c1-13(19)15(2)7-11-18(12-8-15)14(20)16(3)5-9-17(4)10-6-16/h5-12H2,1-4H3. The summed E-state index contributed by atoms with van der Waals surface area (Å²) in [5.41, 5.74) is -0.416. The van der Waals surface area contributed by atoms with Gasteiger partial charge in [-0.25, -0.2) is 0 Å². The minimum Gasteiger partial charge on any atom is -0.342 e. The van der Waals surface area contributed by atoms with Crippen LogP contribution in [-0.4, -0.2) is 54.7 Å². The van der Waals surface area contributed by atoms with Crippen LogP contribution in [0.15, 0.2) is 0 Å². The Labute approximate surface area is 122 Å². The molecule has 2 heterocycles. The molecule has 2 rings (SSSR count). The van der Waals surface area contributed by atoms with Crippen LogP contribution in [0.25, 0.3) is 0 Å². The van der Waals surface area contributed by atoms with Crippen LogP contribution in [0, 0.1) is 10.8 Å². The predicted molar refractivity (Wildman–Crippen MR) is 79.4 cm³/mol. The summed E-state index contributed by atoms with van der Waals surface area (Å²) in [4.78, 5) is 28.8. The quantitative estimate of drug-likeness (QED) is 0.776. The van der Waals surface area contributed by atoms with E-state index in [1.807, 2.05) is 11.8 Å². The molecule has 0 aromatic carbocycles. The molecular formula is C16H28N2O2. The fraction of sp³-hybridized carbons (Fsp3) is 0.875. The number of piperidine rings is 2. The van der Waals surface area contributed by atoms with E-state index in [0.717, 1.165) is 51.9 Å². The molecule has 1 amide bonds. The minimum atomic E-state index is -0.218. The van der Waals surface area contributed by atoms with Crippen LogP contribution in [0.4, 0.5) is 0 Å². The first-order chi connectivity index (χ1) is 9.27. The first kappa shape index (κ1) is 15.5. The Bertz CT molecular complexity index is 389. The van der Waals surface area contributed by atoms with Crippen LogP contribution in [-0.2, 0) is 9.59 Å². The van der Waals surface area contributed by atoms with Crippen molar-refractivity contribution in [2.45, 2.75) is 46.5 Å². The molecule has 114 valence electrons. The lowest BCUT2D eigenvalue weighted by Gasteiger charge is -2.44. The summed E-state index contributed by atoms with van der Waals surface area (Å²) in [7, 11) is 2.11. The van der Waals surface area contributed by atoms with E-state index >= 15 is 0 Å². The molecule has 0 aromatic heterocycles. The first-order valence-corrected chi connectivity index (χ1v) is 7.76. The van der Waals surface area contributed by atoms with Gasteiger partial charge in [0.05, 0.1) is 0 Å². The maximum Gasteiger partial charge on any atom is 0.228 e. The van der Waals surface area contributed by atoms with Gasteiger partial charge in [-0.3, -0.25) is 9.59 Å². The molecule has 0 saturated carbocycles. The summed E-state index contributed by atoms with van der Waals surface area (Å²) < 4.78 is 0. The summed E-state index contributed by atoms with van der Waals surface area (Å²) in [6.07, 6.45) is 3.51. The second kappa shape index (κ2) is 5.47. The van der Waals surface area contributed by atoms with Crippen LogP contribution in [0.5, 0.6) is 0 Å². The monoisotopic (exact) mass is 280 g/mol. The Hall–Kier alpha value is -0.900. The van der Waals surface area contributed by atoms with Crippen molar-refractivity contribution in [3.63, 3.8) is 0 Å². The first-order valence-electron chi connectivity index (χ1n) is 7.76. The van der Waals surface area contributed by atoms with Crippen molar-refractivity contribution in [2.24, 2.45) is 10.8 Å². The van der Waals surface area contributed by atoms with Crippen molar-refractivity contribution >= 4 is 11.7 Å². The molecule has 2 aliphatic heterocycles. The van der Waals surface area contributed by atoms with Crippen LogP contribution in [0.3, 0.4) is 0 Å². The predicted octanol–water partition coefficient (Wildman–Crippen LogP) is 1.94. The van der Waals surface area contributed by atoms with Crippen molar-refractivity contribution < 1.29 is 9.59 Å². The van der Waals surface area contributed by atoms with E-state index in [4.69, 9.17) is 0 Å². The van der Waals surface area contributed by atoms with Gasteiger partial charge in [-0.1, -0.05) is 13.8 Å². The molecule has 0 aromatic rings. The number of ketones is 1. The zero-order valence-electron chi connectivity index (χ0n) is 13.4. The topological polar surface area (TPSA) is 40.6 Å². The maximum absolute atomic E-state index is 12.8. The Morgan fingerprint density at radius 2 is 1.30 bits per heavy atom. The van der Waals surface area contributed by atoms with Crippen LogP contribution in [0.2, 0.25) is 0 Å². The van der Waals surface area contributed by atoms with Gasteiger partial charge in [0.25, 0.3) is 0 Å². The third-order valence-electron chi connectivity index (χ3n) is 5.61. The van der Waals surface area contributed by atoms with Gasteiger partial charge in [-0.2, -0.15) is 0 Å². The van der Waals surface area contributed by atoms with E-state index in [1.165, 1.54) is 0 Å². The van der Waals surface area contributed by atoms with Crippen molar-refractivity contribution in [3.05, 3.63) is 0 Å². The van der Waals surface area contributed by atoms with Gasteiger partial charge in [0, 0.05) is 23.9 Å². The lowest BCUT2D eigenvalue weighted by atomic mass is 9.75. The molecule has 0 unspecified atom stereocenters. The Balaban J connectivity index is 1.97. The molecule has 0 aliphatic carbocycles. The molecular weight excluding hydrogens is 252 g/mol. The zero-order valence-corrected chi connectivity index (χ0v) is 13.4. The summed E-state index contributed by atoms with van der Waals surface area (Å²) in [6.45, 7) is 9.30. The summed E-state index contributed by atoms with van der Waals surface area (Å²) in [5.74, 6) is 0.561. The number of nitrogens with zero attached hydrogens (tertiary/aromatic N) is 2. The van der Waals surface area contributed by atoms with Crippen LogP contribution >= 0.6 is 0 Å². The molecule has 0 N–H and O–H groups in total. The number of rotatable bonds is 2. The van der Waals surface area contributed by atoms with E-state index in [-0.39, 0.29) is 16.6 Å². The van der Waals surface area contributed by atoms with Crippen LogP contribution in [0.1, 0.15) is 46.5 Å². The highest BCUT2D eigenvalue weighted by Gasteiger charge is 2.42. The zero-order chi connectivity index (χ0) is 15.0. The second-order valence-corrected chi connectivity index (χ2v) is 7.27. The largest absolute Gasteiger partial charge is 0.342 e. The lowest BCUT2D eigenvalue weighted by Crippen LogP contribution is -2.52. The maximum atomic E-state index is 12.8. The number of Topliss-reactive ketones (excluding diaryl/α,β-unsaturated/α-hetero) is 1. The average molecular weight is 280 g/mol.